The van der Waals surface area contributed by atoms with E-state index < -0.39 is 0 Å². The molecule has 0 radical (unpaired) electrons. The minimum absolute atomic E-state index is 0.134. The van der Waals surface area contributed by atoms with E-state index in [2.05, 4.69) is 46.3 Å². The van der Waals surface area contributed by atoms with Gasteiger partial charge < -0.3 is 15.0 Å². The van der Waals surface area contributed by atoms with Crippen molar-refractivity contribution in [3.63, 3.8) is 0 Å². The van der Waals surface area contributed by atoms with Gasteiger partial charge in [-0.05, 0) is 48.7 Å². The Bertz CT molecular complexity index is 753. The fraction of sp³-hybridized carbons (Fsp3) is 0.435. The first-order valence-electron chi connectivity index (χ1n) is 10.1. The van der Waals surface area contributed by atoms with E-state index >= 15 is 0 Å². The minimum Gasteiger partial charge on any atom is -0.497 e. The number of carbonyl (C=O) groups is 1. The maximum atomic E-state index is 12.1. The number of aryl methyl sites for hydroxylation is 1. The summed E-state index contributed by atoms with van der Waals surface area (Å²) < 4.78 is 5.16. The lowest BCUT2D eigenvalue weighted by molar-refractivity contribution is -0.121. The van der Waals surface area contributed by atoms with E-state index in [1.165, 1.54) is 16.8 Å². The predicted octanol–water partition coefficient (Wildman–Crippen LogP) is 2.87. The molecule has 0 saturated carbocycles. The van der Waals surface area contributed by atoms with Gasteiger partial charge in [-0.15, -0.1) is 0 Å². The maximum absolute atomic E-state index is 12.1. The molecule has 2 aromatic carbocycles. The number of nitrogens with one attached hydrogen (secondary N) is 1. The molecule has 5 nitrogen and oxygen atoms in total. The van der Waals surface area contributed by atoms with Crippen LogP contribution in [-0.2, 0) is 11.2 Å². The highest BCUT2D eigenvalue weighted by Crippen LogP contribution is 2.17. The molecule has 1 saturated heterocycles. The van der Waals surface area contributed by atoms with Gasteiger partial charge in [-0.3, -0.25) is 9.69 Å². The quantitative estimate of drug-likeness (QED) is 0.764. The zero-order chi connectivity index (χ0) is 19.8. The lowest BCUT2D eigenvalue weighted by Crippen LogP contribution is -2.47. The van der Waals surface area contributed by atoms with Crippen LogP contribution in [0.15, 0.2) is 48.5 Å². The van der Waals surface area contributed by atoms with E-state index in [-0.39, 0.29) is 5.91 Å². The number of benzene rings is 2. The average molecular weight is 382 g/mol. The second-order valence-electron chi connectivity index (χ2n) is 7.37. The molecule has 3 rings (SSSR count). The Morgan fingerprint density at radius 2 is 1.82 bits per heavy atom. The van der Waals surface area contributed by atoms with Crippen molar-refractivity contribution < 1.29 is 9.53 Å². The summed E-state index contributed by atoms with van der Waals surface area (Å²) in [6, 6.07) is 16.7. The third kappa shape index (κ3) is 5.99. The van der Waals surface area contributed by atoms with Crippen LogP contribution in [0, 0.1) is 6.92 Å². The molecule has 1 heterocycles. The minimum atomic E-state index is 0.134. The van der Waals surface area contributed by atoms with Gasteiger partial charge in [0.25, 0.3) is 0 Å². The number of anilines is 1. The van der Waals surface area contributed by atoms with Gasteiger partial charge in [-0.25, -0.2) is 0 Å². The number of nitrogens with zero attached hydrogens (tertiary/aromatic N) is 2. The van der Waals surface area contributed by atoms with Gasteiger partial charge in [0.05, 0.1) is 7.11 Å². The Labute approximate surface area is 168 Å². The molecule has 1 aliphatic rings. The van der Waals surface area contributed by atoms with E-state index in [9.17, 15) is 4.79 Å². The van der Waals surface area contributed by atoms with Crippen LogP contribution in [0.5, 0.6) is 5.75 Å². The molecular weight excluding hydrogens is 350 g/mol. The zero-order valence-corrected chi connectivity index (χ0v) is 17.0. The molecule has 5 heteroatoms. The SMILES string of the molecule is COc1ccc(CCNC(=O)CCN2CCN(c3cccc(C)c3)CC2)cc1. The highest BCUT2D eigenvalue weighted by Gasteiger charge is 2.17. The van der Waals surface area contributed by atoms with Gasteiger partial charge in [-0.2, -0.15) is 0 Å². The highest BCUT2D eigenvalue weighted by molar-refractivity contribution is 5.76. The fourth-order valence-electron chi connectivity index (χ4n) is 3.54. The summed E-state index contributed by atoms with van der Waals surface area (Å²) >= 11 is 0. The van der Waals surface area contributed by atoms with Gasteiger partial charge >= 0.3 is 0 Å². The number of piperazine rings is 1. The molecule has 0 bridgehead atoms. The van der Waals surface area contributed by atoms with Crippen LogP contribution in [0.4, 0.5) is 5.69 Å². The van der Waals surface area contributed by atoms with Crippen LogP contribution in [0.2, 0.25) is 0 Å². The Balaban J connectivity index is 1.32. The molecule has 1 aliphatic heterocycles. The number of ether oxygens (including phenoxy) is 1. The van der Waals surface area contributed by atoms with E-state index in [0.29, 0.717) is 13.0 Å². The van der Waals surface area contributed by atoms with Gasteiger partial charge in [0.2, 0.25) is 5.91 Å². The monoisotopic (exact) mass is 381 g/mol. The summed E-state index contributed by atoms with van der Waals surface area (Å²) in [7, 11) is 1.66. The van der Waals surface area contributed by atoms with Crippen LogP contribution in [0.1, 0.15) is 17.5 Å². The van der Waals surface area contributed by atoms with Crippen molar-refractivity contribution >= 4 is 11.6 Å². The molecule has 0 spiro atoms. The summed E-state index contributed by atoms with van der Waals surface area (Å²) in [4.78, 5) is 16.9. The molecule has 0 atom stereocenters. The van der Waals surface area contributed by atoms with Crippen LogP contribution < -0.4 is 15.0 Å². The van der Waals surface area contributed by atoms with Crippen LogP contribution in [0.25, 0.3) is 0 Å². The average Bonchev–Trinajstić information content (AvgIpc) is 2.73. The first kappa shape index (κ1) is 20.2. The topological polar surface area (TPSA) is 44.8 Å². The maximum Gasteiger partial charge on any atom is 0.221 e. The Morgan fingerprint density at radius 3 is 2.50 bits per heavy atom. The standard InChI is InChI=1S/C23H31N3O2/c1-19-4-3-5-21(18-19)26-16-14-25(15-17-26)13-11-23(27)24-12-10-20-6-8-22(28-2)9-7-20/h3-9,18H,10-17H2,1-2H3,(H,24,27). The first-order chi connectivity index (χ1) is 13.6. The second-order valence-corrected chi connectivity index (χ2v) is 7.37. The number of hydrogen-bond donors (Lipinski definition) is 1. The van der Waals surface area contributed by atoms with Gasteiger partial charge in [-0.1, -0.05) is 24.3 Å². The lowest BCUT2D eigenvalue weighted by atomic mass is 10.1. The lowest BCUT2D eigenvalue weighted by Gasteiger charge is -2.36. The highest BCUT2D eigenvalue weighted by atomic mass is 16.5. The zero-order valence-electron chi connectivity index (χ0n) is 17.0. The van der Waals surface area contributed by atoms with Gasteiger partial charge in [0, 0.05) is 51.4 Å². The molecule has 1 fully saturated rings. The molecule has 150 valence electrons. The van der Waals surface area contributed by atoms with Crippen LogP contribution >= 0.6 is 0 Å². The molecule has 0 unspecified atom stereocenters. The summed E-state index contributed by atoms with van der Waals surface area (Å²) in [5.74, 6) is 0.991. The smallest absolute Gasteiger partial charge is 0.221 e. The van der Waals surface area contributed by atoms with Gasteiger partial charge in [0.1, 0.15) is 5.75 Å². The predicted molar refractivity (Wildman–Crippen MR) is 114 cm³/mol. The van der Waals surface area contributed by atoms with Crippen molar-refractivity contribution in [3.8, 4) is 5.75 Å². The number of hydrogen-bond acceptors (Lipinski definition) is 4. The van der Waals surface area contributed by atoms with E-state index in [1.54, 1.807) is 7.11 Å². The number of carbonyl (C=O) groups excluding carboxylic acids is 1. The molecule has 1 N–H and O–H groups in total. The number of rotatable bonds is 8. The van der Waals surface area contributed by atoms with Crippen molar-refractivity contribution in [1.82, 2.24) is 10.2 Å². The summed E-state index contributed by atoms with van der Waals surface area (Å²) in [5, 5.41) is 3.03. The van der Waals surface area contributed by atoms with Crippen molar-refractivity contribution in [2.75, 3.05) is 51.3 Å². The fourth-order valence-corrected chi connectivity index (χ4v) is 3.54. The van der Waals surface area contributed by atoms with Gasteiger partial charge in [0.15, 0.2) is 0 Å². The molecule has 1 amide bonds. The third-order valence-electron chi connectivity index (χ3n) is 5.29. The summed E-state index contributed by atoms with van der Waals surface area (Å²) in [6.07, 6.45) is 1.40. The van der Waals surface area contributed by atoms with E-state index in [4.69, 9.17) is 4.74 Å². The number of amides is 1. The molecule has 0 aliphatic carbocycles. The molecule has 2 aromatic rings. The Hall–Kier alpha value is -2.53. The van der Waals surface area contributed by atoms with Crippen molar-refractivity contribution in [2.24, 2.45) is 0 Å². The molecule has 28 heavy (non-hydrogen) atoms. The van der Waals surface area contributed by atoms with Crippen molar-refractivity contribution in [1.29, 1.82) is 0 Å². The Morgan fingerprint density at radius 1 is 1.07 bits per heavy atom. The first-order valence-corrected chi connectivity index (χ1v) is 10.1. The third-order valence-corrected chi connectivity index (χ3v) is 5.29. The summed E-state index contributed by atoms with van der Waals surface area (Å²) in [5.41, 5.74) is 3.80. The largest absolute Gasteiger partial charge is 0.497 e. The second kappa shape index (κ2) is 10.1. The Kier molecular flexibility index (Phi) is 7.31. The molecule has 0 aromatic heterocycles. The van der Waals surface area contributed by atoms with Crippen molar-refractivity contribution in [2.45, 2.75) is 19.8 Å². The normalized spacial score (nSPS) is 14.7. The van der Waals surface area contributed by atoms with Crippen molar-refractivity contribution in [3.05, 3.63) is 59.7 Å². The van der Waals surface area contributed by atoms with E-state index in [0.717, 1.165) is 44.9 Å². The van der Waals surface area contributed by atoms with Crippen LogP contribution in [0.3, 0.4) is 0 Å². The summed E-state index contributed by atoms with van der Waals surface area (Å²) in [6.45, 7) is 7.68. The van der Waals surface area contributed by atoms with Crippen LogP contribution in [-0.4, -0.2) is 57.2 Å². The van der Waals surface area contributed by atoms with E-state index in [1.807, 2.05) is 24.3 Å². The molecular formula is C23H31N3O2. The number of methoxy groups -OCH3 is 1.